The molecule has 2 aliphatic rings. The van der Waals surface area contributed by atoms with Crippen molar-refractivity contribution in [3.63, 3.8) is 0 Å². The van der Waals surface area contributed by atoms with E-state index in [-0.39, 0.29) is 43.8 Å². The molecule has 1 aromatic heterocycles. The molecular weight excluding hydrogens is 464 g/mol. The maximum atomic E-state index is 13.9. The van der Waals surface area contributed by atoms with Gasteiger partial charge in [0.15, 0.2) is 5.82 Å². The highest BCUT2D eigenvalue weighted by Crippen LogP contribution is 2.43. The molecule has 0 spiro atoms. The van der Waals surface area contributed by atoms with Gasteiger partial charge >= 0.3 is 6.09 Å². The number of benzene rings is 2. The highest BCUT2D eigenvalue weighted by Gasteiger charge is 2.59. The maximum Gasteiger partial charge on any atom is 0.418 e. The fourth-order valence-corrected chi connectivity index (χ4v) is 5.20. The molecule has 9 heteroatoms. The first kappa shape index (κ1) is 22.8. The Bertz CT molecular complexity index is 1240. The zero-order valence-corrected chi connectivity index (χ0v) is 19.3. The van der Waals surface area contributed by atoms with E-state index in [0.29, 0.717) is 16.1 Å². The van der Waals surface area contributed by atoms with Crippen LogP contribution in [0.1, 0.15) is 44.0 Å². The van der Waals surface area contributed by atoms with E-state index in [1.165, 1.54) is 0 Å². The summed E-state index contributed by atoms with van der Waals surface area (Å²) in [6.07, 6.45) is -0.737. The Morgan fingerprint density at radius 3 is 2.59 bits per heavy atom. The number of nitrogens with zero attached hydrogens (tertiary/aromatic N) is 2. The number of H-pyrrole nitrogens is 1. The summed E-state index contributed by atoms with van der Waals surface area (Å²) >= 11 is 6.11. The average molecular weight is 488 g/mol. The van der Waals surface area contributed by atoms with Crippen molar-refractivity contribution in [2.45, 2.75) is 56.6 Å². The second-order valence-corrected chi connectivity index (χ2v) is 9.65. The lowest BCUT2D eigenvalue weighted by Gasteiger charge is -2.35. The number of nitrogens with one attached hydrogen (secondary N) is 1. The Hall–Kier alpha value is -3.00. The molecule has 34 heavy (non-hydrogen) atoms. The smallest absolute Gasteiger partial charge is 0.418 e. The first-order chi connectivity index (χ1) is 16.2. The van der Waals surface area contributed by atoms with Gasteiger partial charge in [-0.05, 0) is 49.4 Å². The average Bonchev–Trinajstić information content (AvgIpc) is 3.33. The highest BCUT2D eigenvalue weighted by atomic mass is 35.5. The normalized spacial score (nSPS) is 23.9. The monoisotopic (exact) mass is 487 g/mol. The number of alkyl halides is 2. The van der Waals surface area contributed by atoms with Crippen molar-refractivity contribution >= 4 is 34.6 Å². The van der Waals surface area contributed by atoms with Crippen LogP contribution in [-0.2, 0) is 21.6 Å². The molecule has 2 amide bonds. The SMILES string of the molecule is CC(C1CCC(F)(F)CC1)N1C(=O)O[C@](Cc2ccccc2)(c2nc3ccc(Cl)cc3[nH]2)C1=O. The topological polar surface area (TPSA) is 75.3 Å². The van der Waals surface area contributed by atoms with Crippen LogP contribution in [0, 0.1) is 5.92 Å². The van der Waals surface area contributed by atoms with Gasteiger partial charge in [-0.1, -0.05) is 41.9 Å². The van der Waals surface area contributed by atoms with Crippen LogP contribution in [0.25, 0.3) is 11.0 Å². The van der Waals surface area contributed by atoms with Gasteiger partial charge in [0.25, 0.3) is 11.5 Å². The number of carbonyl (C=O) groups excluding carboxylic acids is 2. The summed E-state index contributed by atoms with van der Waals surface area (Å²) in [5, 5.41) is 0.499. The number of ether oxygens (including phenoxy) is 1. The first-order valence-electron chi connectivity index (χ1n) is 11.3. The van der Waals surface area contributed by atoms with Crippen LogP contribution in [0.3, 0.4) is 0 Å². The van der Waals surface area contributed by atoms with Crippen molar-refractivity contribution in [1.82, 2.24) is 14.9 Å². The van der Waals surface area contributed by atoms with Gasteiger partial charge in [-0.25, -0.2) is 23.5 Å². The van der Waals surface area contributed by atoms with Crippen LogP contribution in [0.2, 0.25) is 5.02 Å². The molecule has 2 aromatic carbocycles. The molecule has 2 fully saturated rings. The number of halogens is 3. The largest absolute Gasteiger partial charge is 0.424 e. The Labute approximate surface area is 200 Å². The van der Waals surface area contributed by atoms with Crippen molar-refractivity contribution in [1.29, 1.82) is 0 Å². The van der Waals surface area contributed by atoms with E-state index in [1.54, 1.807) is 25.1 Å². The lowest BCUT2D eigenvalue weighted by Crippen LogP contribution is -2.48. The highest BCUT2D eigenvalue weighted by molar-refractivity contribution is 6.31. The number of cyclic esters (lactones) is 1. The van der Waals surface area contributed by atoms with Gasteiger partial charge in [0.1, 0.15) is 0 Å². The summed E-state index contributed by atoms with van der Waals surface area (Å²) in [5.41, 5.74) is 0.280. The first-order valence-corrected chi connectivity index (χ1v) is 11.7. The third-order valence-corrected chi connectivity index (χ3v) is 7.23. The number of hydrogen-bond acceptors (Lipinski definition) is 4. The van der Waals surface area contributed by atoms with Crippen LogP contribution in [0.5, 0.6) is 0 Å². The second kappa shape index (κ2) is 8.34. The maximum absolute atomic E-state index is 13.9. The molecule has 2 heterocycles. The Morgan fingerprint density at radius 2 is 1.88 bits per heavy atom. The minimum absolute atomic E-state index is 0.0813. The van der Waals surface area contributed by atoms with Gasteiger partial charge in [0.2, 0.25) is 5.92 Å². The van der Waals surface area contributed by atoms with Crippen molar-refractivity contribution in [2.24, 2.45) is 5.92 Å². The zero-order valence-electron chi connectivity index (χ0n) is 18.6. The van der Waals surface area contributed by atoms with Crippen molar-refractivity contribution in [3.8, 4) is 0 Å². The van der Waals surface area contributed by atoms with Crippen molar-refractivity contribution in [3.05, 3.63) is 64.9 Å². The summed E-state index contributed by atoms with van der Waals surface area (Å²) < 4.78 is 33.2. The van der Waals surface area contributed by atoms with E-state index in [0.717, 1.165) is 10.5 Å². The third kappa shape index (κ3) is 3.94. The van der Waals surface area contributed by atoms with Crippen molar-refractivity contribution in [2.75, 3.05) is 0 Å². The summed E-state index contributed by atoms with van der Waals surface area (Å²) in [7, 11) is 0. The molecule has 178 valence electrons. The molecule has 0 bridgehead atoms. The van der Waals surface area contributed by atoms with Gasteiger partial charge < -0.3 is 9.72 Å². The van der Waals surface area contributed by atoms with E-state index in [4.69, 9.17) is 16.3 Å². The Morgan fingerprint density at radius 1 is 1.18 bits per heavy atom. The molecule has 1 saturated carbocycles. The number of aromatic amines is 1. The predicted octanol–water partition coefficient (Wildman–Crippen LogP) is 5.85. The van der Waals surface area contributed by atoms with E-state index in [1.807, 2.05) is 30.3 Å². The molecule has 5 rings (SSSR count). The van der Waals surface area contributed by atoms with Crippen LogP contribution in [0.15, 0.2) is 48.5 Å². The van der Waals surface area contributed by atoms with Gasteiger partial charge in [-0.3, -0.25) is 4.79 Å². The van der Waals surface area contributed by atoms with Crippen molar-refractivity contribution < 1.29 is 23.1 Å². The Kier molecular flexibility index (Phi) is 5.59. The van der Waals surface area contributed by atoms with Gasteiger partial charge in [-0.15, -0.1) is 0 Å². The third-order valence-electron chi connectivity index (χ3n) is 7.00. The standard InChI is InChI=1S/C25H24ClF2N3O3/c1-15(17-9-11-24(27,28)12-10-17)31-22(32)25(34-23(31)33,14-16-5-3-2-4-6-16)21-29-19-8-7-18(26)13-20(19)30-21/h2-8,13,15,17H,9-12,14H2,1H3,(H,29,30)/t15?,25-/m1/s1. The molecule has 6 nitrogen and oxygen atoms in total. The van der Waals surface area contributed by atoms with Gasteiger partial charge in [0.05, 0.1) is 11.0 Å². The molecular formula is C25H24ClF2N3O3. The molecule has 1 unspecified atom stereocenters. The second-order valence-electron chi connectivity index (χ2n) is 9.21. The Balaban J connectivity index is 1.53. The number of hydrogen-bond donors (Lipinski definition) is 1. The minimum atomic E-state index is -2.70. The fourth-order valence-electron chi connectivity index (χ4n) is 5.03. The molecule has 1 aliphatic carbocycles. The van der Waals surface area contributed by atoms with Gasteiger partial charge in [0, 0.05) is 30.3 Å². The fraction of sp³-hybridized carbons (Fsp3) is 0.400. The quantitative estimate of drug-likeness (QED) is 0.490. The van der Waals surface area contributed by atoms with E-state index >= 15 is 0 Å². The molecule has 1 N–H and O–H groups in total. The number of imidazole rings is 1. The zero-order chi connectivity index (χ0) is 24.1. The molecule has 3 aromatic rings. The summed E-state index contributed by atoms with van der Waals surface area (Å²) in [5.74, 6) is -3.26. The van der Waals surface area contributed by atoms with Crippen LogP contribution in [-0.4, -0.2) is 38.8 Å². The number of rotatable bonds is 5. The number of fused-ring (bicyclic) bond motifs is 1. The summed E-state index contributed by atoms with van der Waals surface area (Å²) in [4.78, 5) is 35.9. The van der Waals surface area contributed by atoms with E-state index < -0.39 is 29.6 Å². The molecule has 1 saturated heterocycles. The summed E-state index contributed by atoms with van der Waals surface area (Å²) in [6.45, 7) is 1.73. The lowest BCUT2D eigenvalue weighted by molar-refractivity contribution is -0.140. The minimum Gasteiger partial charge on any atom is -0.424 e. The van der Waals surface area contributed by atoms with E-state index in [9.17, 15) is 18.4 Å². The predicted molar refractivity (Wildman–Crippen MR) is 123 cm³/mol. The van der Waals surface area contributed by atoms with Crippen LogP contribution < -0.4 is 0 Å². The van der Waals surface area contributed by atoms with Crippen LogP contribution in [0.4, 0.5) is 13.6 Å². The molecule has 0 radical (unpaired) electrons. The van der Waals surface area contributed by atoms with Crippen LogP contribution >= 0.6 is 11.6 Å². The number of aromatic nitrogens is 2. The lowest BCUT2D eigenvalue weighted by atomic mass is 9.81. The van der Waals surface area contributed by atoms with Gasteiger partial charge in [-0.2, -0.15) is 0 Å². The number of carbonyl (C=O) groups is 2. The molecule has 2 atom stereocenters. The van der Waals surface area contributed by atoms with E-state index in [2.05, 4.69) is 9.97 Å². The molecule has 1 aliphatic heterocycles. The number of imide groups is 1. The summed E-state index contributed by atoms with van der Waals surface area (Å²) in [6, 6.07) is 13.7. The number of amides is 2.